The first kappa shape index (κ1) is 10.4. The van der Waals surface area contributed by atoms with E-state index >= 15 is 0 Å². The van der Waals surface area contributed by atoms with Gasteiger partial charge in [-0.15, -0.1) is 0 Å². The SMILES string of the molecule is CC1=C(O)C(=O)C(C2CCCCC2)C=N1. The predicted molar refractivity (Wildman–Crippen MR) is 58.9 cm³/mol. The van der Waals surface area contributed by atoms with Gasteiger partial charge in [-0.05, 0) is 25.7 Å². The zero-order valence-corrected chi connectivity index (χ0v) is 9.07. The molecule has 0 spiro atoms. The fourth-order valence-electron chi connectivity index (χ4n) is 2.49. The van der Waals surface area contributed by atoms with Crippen molar-refractivity contribution in [1.82, 2.24) is 0 Å². The lowest BCUT2D eigenvalue weighted by molar-refractivity contribution is -0.121. The van der Waals surface area contributed by atoms with Gasteiger partial charge >= 0.3 is 0 Å². The lowest BCUT2D eigenvalue weighted by atomic mass is 9.77. The highest BCUT2D eigenvalue weighted by molar-refractivity contribution is 6.06. The van der Waals surface area contributed by atoms with E-state index in [2.05, 4.69) is 4.99 Å². The molecule has 1 N–H and O–H groups in total. The second-order valence-electron chi connectivity index (χ2n) is 4.50. The molecular weight excluding hydrogens is 190 g/mol. The Labute approximate surface area is 89.9 Å². The molecule has 0 aromatic rings. The Hall–Kier alpha value is -1.12. The van der Waals surface area contributed by atoms with Crippen LogP contribution in [0.2, 0.25) is 0 Å². The van der Waals surface area contributed by atoms with Gasteiger partial charge in [-0.1, -0.05) is 19.3 Å². The Bertz CT molecular complexity index is 325. The van der Waals surface area contributed by atoms with Crippen LogP contribution in [-0.4, -0.2) is 17.1 Å². The van der Waals surface area contributed by atoms with E-state index in [9.17, 15) is 9.90 Å². The second-order valence-corrected chi connectivity index (χ2v) is 4.50. The van der Waals surface area contributed by atoms with Gasteiger partial charge in [-0.3, -0.25) is 9.79 Å². The largest absolute Gasteiger partial charge is 0.503 e. The Kier molecular flexibility index (Phi) is 2.89. The van der Waals surface area contributed by atoms with Crippen molar-refractivity contribution < 1.29 is 9.90 Å². The maximum Gasteiger partial charge on any atom is 0.207 e. The number of allylic oxidation sites excluding steroid dienone is 2. The monoisotopic (exact) mass is 207 g/mol. The number of ketones is 1. The Morgan fingerprint density at radius 1 is 1.33 bits per heavy atom. The first-order chi connectivity index (χ1) is 7.20. The molecule has 2 aliphatic rings. The minimum absolute atomic E-state index is 0.130. The molecule has 15 heavy (non-hydrogen) atoms. The van der Waals surface area contributed by atoms with E-state index in [4.69, 9.17) is 0 Å². The summed E-state index contributed by atoms with van der Waals surface area (Å²) >= 11 is 0. The molecule has 0 bridgehead atoms. The molecule has 0 saturated heterocycles. The first-order valence-electron chi connectivity index (χ1n) is 5.68. The molecule has 0 radical (unpaired) electrons. The van der Waals surface area contributed by atoms with Gasteiger partial charge in [0.1, 0.15) is 0 Å². The maximum atomic E-state index is 11.8. The molecule has 0 aromatic carbocycles. The number of aliphatic imine (C=N–C) groups is 1. The van der Waals surface area contributed by atoms with Crippen molar-refractivity contribution in [2.75, 3.05) is 0 Å². The molecule has 2 rings (SSSR count). The van der Waals surface area contributed by atoms with Crippen molar-refractivity contribution in [3.8, 4) is 0 Å². The van der Waals surface area contributed by atoms with Crippen molar-refractivity contribution in [2.45, 2.75) is 39.0 Å². The Balaban J connectivity index is 2.12. The third-order valence-electron chi connectivity index (χ3n) is 3.47. The standard InChI is InChI=1S/C12H17NO2/c1-8-11(14)12(15)10(7-13-8)9-5-3-2-4-6-9/h7,9-10,14H,2-6H2,1H3. The van der Waals surface area contributed by atoms with E-state index in [1.54, 1.807) is 13.1 Å². The third kappa shape index (κ3) is 1.96. The highest BCUT2D eigenvalue weighted by atomic mass is 16.3. The summed E-state index contributed by atoms with van der Waals surface area (Å²) in [4.78, 5) is 15.9. The first-order valence-corrected chi connectivity index (χ1v) is 5.68. The van der Waals surface area contributed by atoms with Gasteiger partial charge < -0.3 is 5.11 Å². The summed E-state index contributed by atoms with van der Waals surface area (Å²) in [5.74, 6) is -0.0401. The highest BCUT2D eigenvalue weighted by Crippen LogP contribution is 2.32. The number of rotatable bonds is 1. The summed E-state index contributed by atoms with van der Waals surface area (Å²) in [6.07, 6.45) is 7.59. The average molecular weight is 207 g/mol. The van der Waals surface area contributed by atoms with Gasteiger partial charge in [-0.25, -0.2) is 0 Å². The van der Waals surface area contributed by atoms with Gasteiger partial charge in [0.25, 0.3) is 0 Å². The van der Waals surface area contributed by atoms with Crippen LogP contribution in [0.3, 0.4) is 0 Å². The molecule has 1 heterocycles. The van der Waals surface area contributed by atoms with E-state index in [0.29, 0.717) is 11.6 Å². The summed E-state index contributed by atoms with van der Waals surface area (Å²) in [6.45, 7) is 1.67. The van der Waals surface area contributed by atoms with Crippen molar-refractivity contribution in [1.29, 1.82) is 0 Å². The fourth-order valence-corrected chi connectivity index (χ4v) is 2.49. The van der Waals surface area contributed by atoms with Crippen molar-refractivity contribution in [3.05, 3.63) is 11.5 Å². The van der Waals surface area contributed by atoms with E-state index in [0.717, 1.165) is 12.8 Å². The molecule has 1 saturated carbocycles. The molecule has 1 atom stereocenters. The van der Waals surface area contributed by atoms with E-state index < -0.39 is 0 Å². The maximum absolute atomic E-state index is 11.8. The molecule has 1 aliphatic carbocycles. The number of nitrogens with zero attached hydrogens (tertiary/aromatic N) is 1. The van der Waals surface area contributed by atoms with Crippen LogP contribution >= 0.6 is 0 Å². The second kappa shape index (κ2) is 4.17. The lowest BCUT2D eigenvalue weighted by Crippen LogP contribution is -2.30. The number of carbonyl (C=O) groups excluding carboxylic acids is 1. The summed E-state index contributed by atoms with van der Waals surface area (Å²) < 4.78 is 0. The smallest absolute Gasteiger partial charge is 0.207 e. The fraction of sp³-hybridized carbons (Fsp3) is 0.667. The van der Waals surface area contributed by atoms with Crippen LogP contribution in [0, 0.1) is 11.8 Å². The van der Waals surface area contributed by atoms with Crippen LogP contribution in [0.5, 0.6) is 0 Å². The van der Waals surface area contributed by atoms with Crippen LogP contribution in [-0.2, 0) is 4.79 Å². The zero-order chi connectivity index (χ0) is 10.8. The van der Waals surface area contributed by atoms with Crippen LogP contribution < -0.4 is 0 Å². The van der Waals surface area contributed by atoms with Crippen molar-refractivity contribution in [2.24, 2.45) is 16.8 Å². The van der Waals surface area contributed by atoms with Crippen molar-refractivity contribution >= 4 is 12.0 Å². The van der Waals surface area contributed by atoms with Crippen LogP contribution in [0.4, 0.5) is 0 Å². The van der Waals surface area contributed by atoms with Crippen molar-refractivity contribution in [3.63, 3.8) is 0 Å². The number of aliphatic hydroxyl groups excluding tert-OH is 1. The van der Waals surface area contributed by atoms with Crippen LogP contribution in [0.1, 0.15) is 39.0 Å². The number of Topliss-reactive ketones (excluding diaryl/α,β-unsaturated/α-hetero) is 1. The van der Waals surface area contributed by atoms with Gasteiger partial charge in [-0.2, -0.15) is 0 Å². The molecule has 3 heteroatoms. The summed E-state index contributed by atoms with van der Waals surface area (Å²) in [5.41, 5.74) is 0.451. The summed E-state index contributed by atoms with van der Waals surface area (Å²) in [5, 5.41) is 9.56. The van der Waals surface area contributed by atoms with Gasteiger partial charge in [0, 0.05) is 6.21 Å². The minimum atomic E-state index is -0.172. The molecule has 1 aliphatic heterocycles. The van der Waals surface area contributed by atoms with E-state index in [1.807, 2.05) is 0 Å². The number of hydrogen-bond acceptors (Lipinski definition) is 3. The molecule has 0 amide bonds. The minimum Gasteiger partial charge on any atom is -0.503 e. The summed E-state index contributed by atoms with van der Waals surface area (Å²) in [6, 6.07) is 0. The Morgan fingerprint density at radius 3 is 2.67 bits per heavy atom. The molecule has 0 aromatic heterocycles. The molecule has 3 nitrogen and oxygen atoms in total. The molecule has 1 unspecified atom stereocenters. The predicted octanol–water partition coefficient (Wildman–Crippen LogP) is 2.63. The van der Waals surface area contributed by atoms with E-state index in [-0.39, 0.29) is 17.5 Å². The molecule has 1 fully saturated rings. The zero-order valence-electron chi connectivity index (χ0n) is 9.07. The number of hydrogen-bond donors (Lipinski definition) is 1. The van der Waals surface area contributed by atoms with Gasteiger partial charge in [0.05, 0.1) is 11.6 Å². The Morgan fingerprint density at radius 2 is 2.00 bits per heavy atom. The average Bonchev–Trinajstić information content (AvgIpc) is 2.27. The molecule has 82 valence electrons. The number of carbonyl (C=O) groups is 1. The highest BCUT2D eigenvalue weighted by Gasteiger charge is 2.32. The van der Waals surface area contributed by atoms with Crippen LogP contribution in [0.25, 0.3) is 0 Å². The van der Waals surface area contributed by atoms with Gasteiger partial charge in [0.15, 0.2) is 5.76 Å². The third-order valence-corrected chi connectivity index (χ3v) is 3.47. The van der Waals surface area contributed by atoms with Crippen LogP contribution in [0.15, 0.2) is 16.4 Å². The number of aliphatic hydroxyl groups is 1. The normalized spacial score (nSPS) is 28.6. The van der Waals surface area contributed by atoms with E-state index in [1.165, 1.54) is 19.3 Å². The topological polar surface area (TPSA) is 49.7 Å². The summed E-state index contributed by atoms with van der Waals surface area (Å²) in [7, 11) is 0. The molecular formula is C12H17NO2. The van der Waals surface area contributed by atoms with Gasteiger partial charge in [0.2, 0.25) is 5.78 Å². The quantitative estimate of drug-likeness (QED) is 0.718. The lowest BCUT2D eigenvalue weighted by Gasteiger charge is -2.28.